The number of hydrogen-bond donors (Lipinski definition) is 0. The summed E-state index contributed by atoms with van der Waals surface area (Å²) in [7, 11) is 1.61. The Morgan fingerprint density at radius 2 is 1.74 bits per heavy atom. The monoisotopic (exact) mass is 486 g/mol. The van der Waals surface area contributed by atoms with Crippen LogP contribution in [0.3, 0.4) is 0 Å². The molecule has 4 aromatic carbocycles. The van der Waals surface area contributed by atoms with E-state index >= 15 is 0 Å². The van der Waals surface area contributed by atoms with E-state index < -0.39 is 0 Å². The highest BCUT2D eigenvalue weighted by Crippen LogP contribution is 2.37. The first-order chi connectivity index (χ1) is 17.2. The van der Waals surface area contributed by atoms with Crippen molar-refractivity contribution in [3.05, 3.63) is 95.0 Å². The van der Waals surface area contributed by atoms with Gasteiger partial charge >= 0.3 is 0 Å². The lowest BCUT2D eigenvalue weighted by molar-refractivity contribution is 0.122. The first-order valence-corrected chi connectivity index (χ1v) is 12.0. The van der Waals surface area contributed by atoms with Crippen molar-refractivity contribution in [1.29, 1.82) is 0 Å². The van der Waals surface area contributed by atoms with Crippen molar-refractivity contribution in [2.45, 2.75) is 6.61 Å². The van der Waals surface area contributed by atoms with Crippen LogP contribution in [0.25, 0.3) is 10.8 Å². The van der Waals surface area contributed by atoms with E-state index in [2.05, 4.69) is 46.3 Å². The van der Waals surface area contributed by atoms with E-state index in [0.717, 1.165) is 48.5 Å². The minimum absolute atomic E-state index is 0.389. The molecular weight excluding hydrogens is 460 g/mol. The highest BCUT2D eigenvalue weighted by molar-refractivity contribution is 6.32. The van der Waals surface area contributed by atoms with Crippen LogP contribution in [0.15, 0.2) is 83.9 Å². The fourth-order valence-electron chi connectivity index (χ4n) is 4.24. The van der Waals surface area contributed by atoms with Crippen molar-refractivity contribution < 1.29 is 14.2 Å². The first kappa shape index (κ1) is 23.2. The van der Waals surface area contributed by atoms with E-state index in [4.69, 9.17) is 25.8 Å². The second-order valence-electron chi connectivity index (χ2n) is 8.34. The van der Waals surface area contributed by atoms with Gasteiger partial charge in [-0.1, -0.05) is 54.1 Å². The Balaban J connectivity index is 1.30. The number of anilines is 1. The van der Waals surface area contributed by atoms with Crippen LogP contribution >= 0.6 is 11.6 Å². The molecule has 0 saturated carbocycles. The maximum atomic E-state index is 6.60. The summed E-state index contributed by atoms with van der Waals surface area (Å²) in [5.74, 6) is 1.09. The zero-order chi connectivity index (χ0) is 24.0. The average molecular weight is 487 g/mol. The lowest BCUT2D eigenvalue weighted by atomic mass is 10.1. The zero-order valence-electron chi connectivity index (χ0n) is 19.6. The Morgan fingerprint density at radius 3 is 2.54 bits per heavy atom. The average Bonchev–Trinajstić information content (AvgIpc) is 2.92. The molecule has 0 N–H and O–H groups in total. The molecular formula is C29H27ClN2O3. The van der Waals surface area contributed by atoms with Crippen LogP contribution in [-0.4, -0.2) is 39.6 Å². The smallest absolute Gasteiger partial charge is 0.180 e. The van der Waals surface area contributed by atoms with Crippen molar-refractivity contribution in [1.82, 2.24) is 0 Å². The minimum atomic E-state index is 0.389. The normalized spacial score (nSPS) is 13.9. The van der Waals surface area contributed by atoms with E-state index in [1.54, 1.807) is 13.3 Å². The molecule has 4 aromatic rings. The number of hydrogen-bond acceptors (Lipinski definition) is 5. The van der Waals surface area contributed by atoms with E-state index in [9.17, 15) is 0 Å². The van der Waals surface area contributed by atoms with Crippen LogP contribution < -0.4 is 14.4 Å². The molecule has 5 rings (SSSR count). The van der Waals surface area contributed by atoms with Gasteiger partial charge in [-0.05, 0) is 58.3 Å². The second kappa shape index (κ2) is 10.8. The van der Waals surface area contributed by atoms with Gasteiger partial charge in [0.2, 0.25) is 0 Å². The van der Waals surface area contributed by atoms with Gasteiger partial charge in [-0.3, -0.25) is 4.99 Å². The SMILES string of the molecule is COc1cc(C=Nc2ccc(N3CCOCC3)cc2)cc(Cl)c1OCc1cccc2ccccc12. The summed E-state index contributed by atoms with van der Waals surface area (Å²) in [5, 5.41) is 2.82. The molecule has 1 fully saturated rings. The van der Waals surface area contributed by atoms with E-state index in [1.165, 1.54) is 11.1 Å². The second-order valence-corrected chi connectivity index (χ2v) is 8.74. The highest BCUT2D eigenvalue weighted by atomic mass is 35.5. The summed E-state index contributed by atoms with van der Waals surface area (Å²) in [6.45, 7) is 3.75. The van der Waals surface area contributed by atoms with Gasteiger partial charge in [0.25, 0.3) is 0 Å². The summed E-state index contributed by atoms with van der Waals surface area (Å²) < 4.78 is 17.1. The summed E-state index contributed by atoms with van der Waals surface area (Å²) in [6, 6.07) is 26.4. The van der Waals surface area contributed by atoms with Gasteiger partial charge in [0.15, 0.2) is 11.5 Å². The van der Waals surface area contributed by atoms with Crippen molar-refractivity contribution in [2.24, 2.45) is 4.99 Å². The molecule has 1 saturated heterocycles. The number of aliphatic imine (C=N–C) groups is 1. The van der Waals surface area contributed by atoms with E-state index in [-0.39, 0.29) is 0 Å². The number of nitrogens with zero attached hydrogens (tertiary/aromatic N) is 2. The molecule has 5 nitrogen and oxygen atoms in total. The molecule has 178 valence electrons. The molecule has 0 bridgehead atoms. The van der Waals surface area contributed by atoms with E-state index in [1.807, 2.05) is 42.5 Å². The Hall–Kier alpha value is -3.54. The Bertz CT molecular complexity index is 1330. The maximum Gasteiger partial charge on any atom is 0.180 e. The number of methoxy groups -OCH3 is 1. The molecule has 0 radical (unpaired) electrons. The molecule has 1 heterocycles. The fraction of sp³-hybridized carbons (Fsp3) is 0.207. The van der Waals surface area contributed by atoms with Crippen LogP contribution in [0.5, 0.6) is 11.5 Å². The predicted octanol–water partition coefficient (Wildman–Crippen LogP) is 6.67. The molecule has 35 heavy (non-hydrogen) atoms. The Morgan fingerprint density at radius 1 is 0.971 bits per heavy atom. The topological polar surface area (TPSA) is 43.3 Å². The lowest BCUT2D eigenvalue weighted by Gasteiger charge is -2.28. The summed E-state index contributed by atoms with van der Waals surface area (Å²) in [6.07, 6.45) is 1.78. The van der Waals surface area contributed by atoms with Crippen molar-refractivity contribution in [2.75, 3.05) is 38.3 Å². The minimum Gasteiger partial charge on any atom is -0.493 e. The highest BCUT2D eigenvalue weighted by Gasteiger charge is 2.13. The molecule has 6 heteroatoms. The molecule has 1 aliphatic heterocycles. The predicted molar refractivity (Wildman–Crippen MR) is 143 cm³/mol. The van der Waals surface area contributed by atoms with Gasteiger partial charge in [-0.25, -0.2) is 0 Å². The lowest BCUT2D eigenvalue weighted by Crippen LogP contribution is -2.36. The summed E-state index contributed by atoms with van der Waals surface area (Å²) in [5.41, 5.74) is 3.98. The van der Waals surface area contributed by atoms with Gasteiger partial charge in [0, 0.05) is 25.0 Å². The van der Waals surface area contributed by atoms with Crippen LogP contribution in [0, 0.1) is 0 Å². The standard InChI is InChI=1S/C29H27ClN2O3/c1-33-28-18-21(19-31-24-9-11-25(12-10-24)32-13-15-34-16-14-32)17-27(30)29(28)35-20-23-7-4-6-22-5-2-3-8-26(22)23/h2-12,17-19H,13-16,20H2,1H3. The first-order valence-electron chi connectivity index (χ1n) is 11.6. The number of ether oxygens (including phenoxy) is 3. The third-order valence-corrected chi connectivity index (χ3v) is 6.37. The number of benzene rings is 4. The largest absolute Gasteiger partial charge is 0.493 e. The Labute approximate surface area is 210 Å². The number of rotatable bonds is 7. The molecule has 0 atom stereocenters. The zero-order valence-corrected chi connectivity index (χ0v) is 20.4. The third-order valence-electron chi connectivity index (χ3n) is 6.09. The van der Waals surface area contributed by atoms with Gasteiger partial charge in [-0.2, -0.15) is 0 Å². The van der Waals surface area contributed by atoms with Gasteiger partial charge in [-0.15, -0.1) is 0 Å². The van der Waals surface area contributed by atoms with Crippen LogP contribution in [0.4, 0.5) is 11.4 Å². The summed E-state index contributed by atoms with van der Waals surface area (Å²) >= 11 is 6.60. The molecule has 0 aromatic heterocycles. The van der Waals surface area contributed by atoms with Gasteiger partial charge in [0.1, 0.15) is 6.61 Å². The molecule has 0 amide bonds. The maximum absolute atomic E-state index is 6.60. The molecule has 0 aliphatic carbocycles. The van der Waals surface area contributed by atoms with Crippen molar-refractivity contribution in [3.8, 4) is 11.5 Å². The number of morpholine rings is 1. The van der Waals surface area contributed by atoms with Crippen LogP contribution in [0.2, 0.25) is 5.02 Å². The Kier molecular flexibility index (Phi) is 7.17. The van der Waals surface area contributed by atoms with Gasteiger partial charge < -0.3 is 19.1 Å². The van der Waals surface area contributed by atoms with E-state index in [0.29, 0.717) is 23.1 Å². The molecule has 1 aliphatic rings. The molecule has 0 unspecified atom stereocenters. The van der Waals surface area contributed by atoms with Crippen LogP contribution in [-0.2, 0) is 11.3 Å². The van der Waals surface area contributed by atoms with Crippen molar-refractivity contribution in [3.63, 3.8) is 0 Å². The molecule has 0 spiro atoms. The number of fused-ring (bicyclic) bond motifs is 1. The van der Waals surface area contributed by atoms with Crippen molar-refractivity contribution >= 4 is 40.0 Å². The third kappa shape index (κ3) is 5.42. The summed E-state index contributed by atoms with van der Waals surface area (Å²) in [4.78, 5) is 6.93. The fourth-order valence-corrected chi connectivity index (χ4v) is 4.52. The quantitative estimate of drug-likeness (QED) is 0.274. The van der Waals surface area contributed by atoms with Gasteiger partial charge in [0.05, 0.1) is 31.0 Å². The number of halogens is 1. The van der Waals surface area contributed by atoms with Crippen LogP contribution in [0.1, 0.15) is 11.1 Å².